The Morgan fingerprint density at radius 1 is 1.16 bits per heavy atom. The van der Waals surface area contributed by atoms with Crippen molar-refractivity contribution in [2.75, 3.05) is 25.6 Å². The van der Waals surface area contributed by atoms with E-state index in [4.69, 9.17) is 4.52 Å². The van der Waals surface area contributed by atoms with Crippen molar-refractivity contribution in [2.45, 2.75) is 25.6 Å². The molecule has 0 aliphatic carbocycles. The molecule has 0 unspecified atom stereocenters. The van der Waals surface area contributed by atoms with E-state index >= 15 is 0 Å². The molecule has 1 N–H and O–H groups in total. The van der Waals surface area contributed by atoms with Gasteiger partial charge in [0.05, 0.1) is 6.61 Å². The topological polar surface area (TPSA) is 49.8 Å². The largest absolute Gasteiger partial charge is 0.378 e. The van der Waals surface area contributed by atoms with E-state index < -0.39 is 19.0 Å². The average molecular weight is 365 g/mol. The lowest BCUT2D eigenvalue weighted by Gasteiger charge is -2.25. The third-order valence-electron chi connectivity index (χ3n) is 4.01. The summed E-state index contributed by atoms with van der Waals surface area (Å²) in [6.45, 7) is 2.24. The second kappa shape index (κ2) is 8.61. The molecule has 0 amide bonds. The molecule has 0 saturated heterocycles. The maximum absolute atomic E-state index is 14.1. The summed E-state index contributed by atoms with van der Waals surface area (Å²) in [7, 11) is 0.112. The fourth-order valence-corrected chi connectivity index (χ4v) is 4.57. The number of halogens is 1. The maximum atomic E-state index is 14.1. The summed E-state index contributed by atoms with van der Waals surface area (Å²) in [5.74, 6) is -2.14. The second-order valence-electron chi connectivity index (χ2n) is 6.09. The van der Waals surface area contributed by atoms with Crippen molar-refractivity contribution in [1.29, 1.82) is 0 Å². The van der Waals surface area contributed by atoms with Gasteiger partial charge >= 0.3 is 0 Å². The number of benzene rings is 2. The highest BCUT2D eigenvalue weighted by Gasteiger charge is 2.37. The van der Waals surface area contributed by atoms with Gasteiger partial charge < -0.3 is 14.5 Å². The van der Waals surface area contributed by atoms with Gasteiger partial charge in [-0.2, -0.15) is 0 Å². The summed E-state index contributed by atoms with van der Waals surface area (Å²) in [5, 5.41) is 11.1. The number of hydrogen-bond donors (Lipinski definition) is 1. The van der Waals surface area contributed by atoms with Crippen LogP contribution in [-0.4, -0.2) is 25.8 Å². The molecule has 25 heavy (non-hydrogen) atoms. The normalized spacial score (nSPS) is 14.8. The fourth-order valence-electron chi connectivity index (χ4n) is 2.46. The second-order valence-corrected chi connectivity index (χ2v) is 8.55. The van der Waals surface area contributed by atoms with Crippen molar-refractivity contribution in [3.8, 4) is 0 Å². The Morgan fingerprint density at radius 2 is 1.80 bits per heavy atom. The molecule has 0 aliphatic heterocycles. The molecule has 0 spiro atoms. The molecule has 0 aromatic heterocycles. The van der Waals surface area contributed by atoms with E-state index in [1.165, 1.54) is 18.2 Å². The first-order valence-electron chi connectivity index (χ1n) is 8.35. The number of nitrogens with zero attached hydrogens (tertiary/aromatic N) is 1. The van der Waals surface area contributed by atoms with E-state index in [1.807, 2.05) is 25.9 Å². The van der Waals surface area contributed by atoms with Crippen molar-refractivity contribution in [2.24, 2.45) is 0 Å². The van der Waals surface area contributed by atoms with Gasteiger partial charge in [-0.15, -0.1) is 0 Å². The lowest BCUT2D eigenvalue weighted by molar-refractivity contribution is 0.209. The summed E-state index contributed by atoms with van der Waals surface area (Å²) in [4.78, 5) is 1.92. The van der Waals surface area contributed by atoms with Crippen LogP contribution in [-0.2, 0) is 9.09 Å². The minimum atomic E-state index is -3.69. The SMILES string of the molecule is CCCCO[P@](=O)(c1ccc(N(C)C)cc1)[C@H](O)c1ccccc1F. The highest BCUT2D eigenvalue weighted by atomic mass is 31.2. The van der Waals surface area contributed by atoms with Gasteiger partial charge in [0.15, 0.2) is 5.85 Å². The number of aliphatic hydroxyl groups excluding tert-OH is 1. The van der Waals surface area contributed by atoms with Crippen LogP contribution in [0.25, 0.3) is 0 Å². The summed E-state index contributed by atoms with van der Waals surface area (Å²) in [6, 6.07) is 12.8. The van der Waals surface area contributed by atoms with Crippen LogP contribution in [0.1, 0.15) is 31.2 Å². The van der Waals surface area contributed by atoms with Crippen LogP contribution in [0, 0.1) is 5.82 Å². The van der Waals surface area contributed by atoms with Crippen LogP contribution in [0.2, 0.25) is 0 Å². The van der Waals surface area contributed by atoms with Crippen LogP contribution in [0.3, 0.4) is 0 Å². The minimum absolute atomic E-state index is 0.0148. The Balaban J connectivity index is 2.42. The van der Waals surface area contributed by atoms with Gasteiger partial charge in [-0.1, -0.05) is 31.5 Å². The standard InChI is InChI=1S/C19H25FNO3P/c1-4-5-14-24-25(23,16-12-10-15(11-13-16)21(2)3)19(22)17-8-6-7-9-18(17)20/h6-13,19,22H,4-5,14H2,1-3H3/t19-,25+/m0/s1. The van der Waals surface area contributed by atoms with Gasteiger partial charge in [-0.05, 0) is 36.8 Å². The first-order valence-corrected chi connectivity index (χ1v) is 10.0. The molecule has 2 atom stereocenters. The molecular formula is C19H25FNO3P. The van der Waals surface area contributed by atoms with Crippen LogP contribution >= 0.6 is 7.37 Å². The highest BCUT2D eigenvalue weighted by molar-refractivity contribution is 7.67. The summed E-state index contributed by atoms with van der Waals surface area (Å²) in [6.07, 6.45) is 1.58. The lowest BCUT2D eigenvalue weighted by Crippen LogP contribution is -2.17. The quantitative estimate of drug-likeness (QED) is 0.560. The monoisotopic (exact) mass is 365 g/mol. The molecular weight excluding hydrogens is 340 g/mol. The number of anilines is 1. The Bertz CT molecular complexity index is 734. The molecule has 2 aromatic rings. The molecule has 136 valence electrons. The van der Waals surface area contributed by atoms with Crippen molar-refractivity contribution < 1.29 is 18.6 Å². The Labute approximate surface area is 148 Å². The van der Waals surface area contributed by atoms with Crippen LogP contribution in [0.5, 0.6) is 0 Å². The molecule has 0 heterocycles. The van der Waals surface area contributed by atoms with E-state index in [2.05, 4.69) is 0 Å². The van der Waals surface area contributed by atoms with Crippen LogP contribution in [0.4, 0.5) is 10.1 Å². The van der Waals surface area contributed by atoms with Crippen molar-refractivity contribution in [1.82, 2.24) is 0 Å². The first-order chi connectivity index (χ1) is 11.9. The van der Waals surface area contributed by atoms with Gasteiger partial charge in [0, 0.05) is 30.7 Å². The van der Waals surface area contributed by atoms with Crippen molar-refractivity contribution in [3.05, 3.63) is 59.9 Å². The van der Waals surface area contributed by atoms with Crippen molar-refractivity contribution in [3.63, 3.8) is 0 Å². The highest BCUT2D eigenvalue weighted by Crippen LogP contribution is 2.58. The van der Waals surface area contributed by atoms with Gasteiger partial charge in [0.1, 0.15) is 5.82 Å². The van der Waals surface area contributed by atoms with Crippen molar-refractivity contribution >= 4 is 18.4 Å². The Hall–Kier alpha value is -1.68. The van der Waals surface area contributed by atoms with Crippen LogP contribution in [0.15, 0.2) is 48.5 Å². The van der Waals surface area contributed by atoms with Crippen LogP contribution < -0.4 is 10.2 Å². The number of unbranched alkanes of at least 4 members (excludes halogenated alkanes) is 1. The Morgan fingerprint density at radius 3 is 2.36 bits per heavy atom. The summed E-state index contributed by atoms with van der Waals surface area (Å²) >= 11 is 0. The smallest absolute Gasteiger partial charge is 0.264 e. The summed E-state index contributed by atoms with van der Waals surface area (Å²) < 4.78 is 33.3. The van der Waals surface area contributed by atoms with E-state index in [-0.39, 0.29) is 12.2 Å². The zero-order valence-corrected chi connectivity index (χ0v) is 15.7. The van der Waals surface area contributed by atoms with Gasteiger partial charge in [-0.3, -0.25) is 4.57 Å². The summed E-state index contributed by atoms with van der Waals surface area (Å²) in [5.41, 5.74) is 0.920. The zero-order valence-electron chi connectivity index (χ0n) is 14.9. The van der Waals surface area contributed by atoms with E-state index in [0.29, 0.717) is 11.7 Å². The number of hydrogen-bond acceptors (Lipinski definition) is 4. The predicted molar refractivity (Wildman–Crippen MR) is 100 cm³/mol. The minimum Gasteiger partial charge on any atom is -0.378 e. The molecule has 4 nitrogen and oxygen atoms in total. The lowest BCUT2D eigenvalue weighted by atomic mass is 10.2. The molecule has 0 fully saturated rings. The number of rotatable bonds is 8. The molecule has 6 heteroatoms. The van der Waals surface area contributed by atoms with Gasteiger partial charge in [-0.25, -0.2) is 4.39 Å². The molecule has 2 aromatic carbocycles. The zero-order chi connectivity index (χ0) is 18.4. The molecule has 0 saturated carbocycles. The Kier molecular flexibility index (Phi) is 6.77. The predicted octanol–water partition coefficient (Wildman–Crippen LogP) is 4.30. The van der Waals surface area contributed by atoms with E-state index in [0.717, 1.165) is 12.1 Å². The molecule has 0 bridgehead atoms. The first kappa shape index (κ1) is 19.6. The third kappa shape index (κ3) is 4.49. The molecule has 2 rings (SSSR count). The fraction of sp³-hybridized carbons (Fsp3) is 0.368. The van der Waals surface area contributed by atoms with E-state index in [9.17, 15) is 14.1 Å². The molecule has 0 aliphatic rings. The van der Waals surface area contributed by atoms with E-state index in [1.54, 1.807) is 30.3 Å². The number of aliphatic hydroxyl groups is 1. The average Bonchev–Trinajstić information content (AvgIpc) is 2.61. The van der Waals surface area contributed by atoms with Gasteiger partial charge in [0.2, 0.25) is 0 Å². The third-order valence-corrected chi connectivity index (χ3v) is 6.52. The molecule has 0 radical (unpaired) electrons. The maximum Gasteiger partial charge on any atom is 0.264 e. The van der Waals surface area contributed by atoms with Gasteiger partial charge in [0.25, 0.3) is 7.37 Å².